The van der Waals surface area contributed by atoms with Crippen LogP contribution in [-0.4, -0.2) is 63.1 Å². The van der Waals surface area contributed by atoms with Crippen molar-refractivity contribution in [2.75, 3.05) is 19.6 Å². The maximum Gasteiger partial charge on any atom is 0.225 e. The molecule has 2 aliphatic heterocycles. The van der Waals surface area contributed by atoms with E-state index in [-0.39, 0.29) is 35.6 Å². The summed E-state index contributed by atoms with van der Waals surface area (Å²) in [6.45, 7) is 6.95. The van der Waals surface area contributed by atoms with Gasteiger partial charge in [-0.05, 0) is 44.9 Å². The molecule has 0 spiro atoms. The molecule has 4 rings (SSSR count). The van der Waals surface area contributed by atoms with Crippen LogP contribution >= 0.6 is 0 Å². The highest BCUT2D eigenvalue weighted by molar-refractivity contribution is 5.89. The van der Waals surface area contributed by atoms with E-state index in [0.717, 1.165) is 38.2 Å². The topological polar surface area (TPSA) is 70.5 Å². The number of benzene rings is 1. The number of piperidine rings is 1. The van der Waals surface area contributed by atoms with Gasteiger partial charge >= 0.3 is 0 Å². The van der Waals surface area contributed by atoms with Crippen LogP contribution in [-0.2, 0) is 23.2 Å². The van der Waals surface area contributed by atoms with Crippen LogP contribution in [0, 0.1) is 11.7 Å². The lowest BCUT2D eigenvalue weighted by Crippen LogP contribution is -2.46. The minimum atomic E-state index is -0.269. The Kier molecular flexibility index (Phi) is 6.60. The Labute approximate surface area is 188 Å². The van der Waals surface area contributed by atoms with Gasteiger partial charge in [-0.3, -0.25) is 19.2 Å². The highest BCUT2D eigenvalue weighted by atomic mass is 19.1. The van der Waals surface area contributed by atoms with Gasteiger partial charge in [0, 0.05) is 57.3 Å². The number of halogens is 1. The number of carbonyl (C=O) groups excluding carboxylic acids is 2. The Bertz CT molecular complexity index is 981. The summed E-state index contributed by atoms with van der Waals surface area (Å²) in [4.78, 5) is 28.9. The molecule has 0 unspecified atom stereocenters. The van der Waals surface area contributed by atoms with Gasteiger partial charge < -0.3 is 10.2 Å². The number of carbonyl (C=O) groups is 2. The molecule has 3 heterocycles. The third-order valence-corrected chi connectivity index (χ3v) is 6.60. The van der Waals surface area contributed by atoms with Crippen LogP contribution in [0.15, 0.2) is 30.3 Å². The molecule has 0 bridgehead atoms. The second kappa shape index (κ2) is 9.40. The lowest BCUT2D eigenvalue weighted by atomic mass is 10.0. The van der Waals surface area contributed by atoms with Gasteiger partial charge in [0.1, 0.15) is 5.82 Å². The molecule has 2 fully saturated rings. The van der Waals surface area contributed by atoms with E-state index in [9.17, 15) is 14.0 Å². The second-order valence-electron chi connectivity index (χ2n) is 9.22. The van der Waals surface area contributed by atoms with Crippen molar-refractivity contribution in [1.29, 1.82) is 0 Å². The molecule has 8 heteroatoms. The van der Waals surface area contributed by atoms with Crippen molar-refractivity contribution in [1.82, 2.24) is 24.9 Å². The summed E-state index contributed by atoms with van der Waals surface area (Å²) < 4.78 is 15.9. The summed E-state index contributed by atoms with van der Waals surface area (Å²) >= 11 is 0. The Morgan fingerprint density at radius 2 is 1.97 bits per heavy atom. The highest BCUT2D eigenvalue weighted by Gasteiger charge is 2.36. The third kappa shape index (κ3) is 4.85. The SMILES string of the molecule is CC(C)N1C[C@@H](C(=O)NC2CCN(Cc3cc(-c4ccccc4F)nn3C)CC2)CC1=O. The van der Waals surface area contributed by atoms with Crippen molar-refractivity contribution in [3.05, 3.63) is 41.8 Å². The fraction of sp³-hybridized carbons (Fsp3) is 0.542. The molecule has 0 aliphatic carbocycles. The fourth-order valence-electron chi connectivity index (χ4n) is 4.64. The molecule has 172 valence electrons. The zero-order chi connectivity index (χ0) is 22.8. The molecule has 32 heavy (non-hydrogen) atoms. The molecule has 1 aromatic heterocycles. The van der Waals surface area contributed by atoms with Crippen LogP contribution in [0.4, 0.5) is 4.39 Å². The van der Waals surface area contributed by atoms with Gasteiger partial charge in [0.05, 0.1) is 17.3 Å². The molecule has 2 aromatic rings. The van der Waals surface area contributed by atoms with Crippen LogP contribution < -0.4 is 5.32 Å². The lowest BCUT2D eigenvalue weighted by Gasteiger charge is -2.32. The number of nitrogens with zero attached hydrogens (tertiary/aromatic N) is 4. The highest BCUT2D eigenvalue weighted by Crippen LogP contribution is 2.24. The molecule has 1 N–H and O–H groups in total. The van der Waals surface area contributed by atoms with Crippen LogP contribution in [0.5, 0.6) is 0 Å². The van der Waals surface area contributed by atoms with Crippen LogP contribution in [0.2, 0.25) is 0 Å². The number of aromatic nitrogens is 2. The summed E-state index contributed by atoms with van der Waals surface area (Å²) in [6, 6.07) is 8.91. The van der Waals surface area contributed by atoms with E-state index >= 15 is 0 Å². The summed E-state index contributed by atoms with van der Waals surface area (Å²) in [6.07, 6.45) is 2.06. The van der Waals surface area contributed by atoms with E-state index < -0.39 is 0 Å². The first-order valence-corrected chi connectivity index (χ1v) is 11.4. The van der Waals surface area contributed by atoms with E-state index in [2.05, 4.69) is 15.3 Å². The normalized spacial score (nSPS) is 20.3. The van der Waals surface area contributed by atoms with Crippen molar-refractivity contribution in [3.8, 4) is 11.3 Å². The quantitative estimate of drug-likeness (QED) is 0.748. The molecule has 1 atom stereocenters. The maximum absolute atomic E-state index is 14.1. The molecule has 7 nitrogen and oxygen atoms in total. The molecule has 2 amide bonds. The standard InChI is InChI=1S/C24H32FN5O2/c1-16(2)30-14-17(12-23(30)31)24(32)26-18-8-10-29(11-9-18)15-19-13-22(27-28(19)3)20-6-4-5-7-21(20)25/h4-7,13,16-18H,8-12,14-15H2,1-3H3,(H,26,32)/t17-/m0/s1. The van der Waals surface area contributed by atoms with Gasteiger partial charge in [-0.2, -0.15) is 5.10 Å². The first kappa shape index (κ1) is 22.5. The average molecular weight is 442 g/mol. The zero-order valence-electron chi connectivity index (χ0n) is 19.1. The van der Waals surface area contributed by atoms with Gasteiger partial charge in [-0.15, -0.1) is 0 Å². The molecule has 1 aromatic carbocycles. The Morgan fingerprint density at radius 3 is 2.62 bits per heavy atom. The summed E-state index contributed by atoms with van der Waals surface area (Å²) in [5, 5.41) is 7.66. The number of hydrogen-bond donors (Lipinski definition) is 1. The van der Waals surface area contributed by atoms with Crippen LogP contribution in [0.25, 0.3) is 11.3 Å². The number of rotatable bonds is 6. The monoisotopic (exact) mass is 441 g/mol. The van der Waals surface area contributed by atoms with E-state index in [1.807, 2.05) is 37.7 Å². The van der Waals surface area contributed by atoms with Gasteiger partial charge in [0.15, 0.2) is 0 Å². The first-order chi connectivity index (χ1) is 15.3. The molecular weight excluding hydrogens is 409 g/mol. The van der Waals surface area contributed by atoms with E-state index in [0.29, 0.717) is 24.2 Å². The van der Waals surface area contributed by atoms with Crippen LogP contribution in [0.1, 0.15) is 38.8 Å². The van der Waals surface area contributed by atoms with Crippen molar-refractivity contribution < 1.29 is 14.0 Å². The van der Waals surface area contributed by atoms with Gasteiger partial charge in [0.2, 0.25) is 11.8 Å². The summed E-state index contributed by atoms with van der Waals surface area (Å²) in [5.41, 5.74) is 2.19. The van der Waals surface area contributed by atoms with Gasteiger partial charge in [-0.1, -0.05) is 12.1 Å². The first-order valence-electron chi connectivity index (χ1n) is 11.4. The largest absolute Gasteiger partial charge is 0.353 e. The Hall–Kier alpha value is -2.74. The van der Waals surface area contributed by atoms with Crippen molar-refractivity contribution in [3.63, 3.8) is 0 Å². The molecule has 2 saturated heterocycles. The Balaban J connectivity index is 1.28. The Morgan fingerprint density at radius 1 is 1.25 bits per heavy atom. The van der Waals surface area contributed by atoms with Crippen LogP contribution in [0.3, 0.4) is 0 Å². The lowest BCUT2D eigenvalue weighted by molar-refractivity contribution is -0.130. The smallest absolute Gasteiger partial charge is 0.225 e. The van der Waals surface area contributed by atoms with Crippen molar-refractivity contribution >= 4 is 11.8 Å². The van der Waals surface area contributed by atoms with E-state index in [1.54, 1.807) is 17.0 Å². The third-order valence-electron chi connectivity index (χ3n) is 6.60. The maximum atomic E-state index is 14.1. The predicted octanol–water partition coefficient (Wildman–Crippen LogP) is 2.56. The number of nitrogens with one attached hydrogen (secondary N) is 1. The molecule has 2 aliphatic rings. The summed E-state index contributed by atoms with van der Waals surface area (Å²) in [5.74, 6) is -0.439. The number of likely N-dealkylation sites (tertiary alicyclic amines) is 2. The fourth-order valence-corrected chi connectivity index (χ4v) is 4.64. The molecule has 0 radical (unpaired) electrons. The predicted molar refractivity (Wildman–Crippen MR) is 120 cm³/mol. The zero-order valence-corrected chi connectivity index (χ0v) is 19.1. The van der Waals surface area contributed by atoms with Crippen molar-refractivity contribution in [2.45, 2.75) is 51.7 Å². The second-order valence-corrected chi connectivity index (χ2v) is 9.22. The minimum absolute atomic E-state index is 0.00103. The molecular formula is C24H32FN5O2. The minimum Gasteiger partial charge on any atom is -0.353 e. The summed E-state index contributed by atoms with van der Waals surface area (Å²) in [7, 11) is 1.88. The average Bonchev–Trinajstić information content (AvgIpc) is 3.32. The van der Waals surface area contributed by atoms with Gasteiger partial charge in [0.25, 0.3) is 0 Å². The number of aryl methyl sites for hydroxylation is 1. The number of amides is 2. The van der Waals surface area contributed by atoms with E-state index in [1.165, 1.54) is 6.07 Å². The van der Waals surface area contributed by atoms with Gasteiger partial charge in [-0.25, -0.2) is 4.39 Å². The van der Waals surface area contributed by atoms with Crippen molar-refractivity contribution in [2.24, 2.45) is 13.0 Å². The van der Waals surface area contributed by atoms with E-state index in [4.69, 9.17) is 0 Å². The number of hydrogen-bond acceptors (Lipinski definition) is 4. The molecule has 0 saturated carbocycles.